The molecule has 1 saturated heterocycles. The zero-order valence-electron chi connectivity index (χ0n) is 22.7. The lowest BCUT2D eigenvalue weighted by Gasteiger charge is -2.34. The number of benzene rings is 2. The highest BCUT2D eigenvalue weighted by molar-refractivity contribution is 6.30. The van der Waals surface area contributed by atoms with Crippen molar-refractivity contribution in [2.24, 2.45) is 0 Å². The molecule has 0 saturated carbocycles. The molecule has 0 unspecified atom stereocenters. The Bertz CT molecular complexity index is 1830. The van der Waals surface area contributed by atoms with E-state index in [-0.39, 0.29) is 0 Å². The Morgan fingerprint density at radius 2 is 1.55 bits per heavy atom. The zero-order valence-corrected chi connectivity index (χ0v) is 23.4. The van der Waals surface area contributed by atoms with Gasteiger partial charge in [0.1, 0.15) is 24.0 Å². The third-order valence-electron chi connectivity index (χ3n) is 7.46. The quantitative estimate of drug-likeness (QED) is 0.297. The van der Waals surface area contributed by atoms with Gasteiger partial charge in [0.25, 0.3) is 0 Å². The normalized spacial score (nSPS) is 14.0. The van der Waals surface area contributed by atoms with Crippen molar-refractivity contribution < 1.29 is 0 Å². The number of fused-ring (bicyclic) bond motifs is 1. The van der Waals surface area contributed by atoms with Crippen LogP contribution in [0.4, 0.5) is 11.8 Å². The first-order valence-corrected chi connectivity index (χ1v) is 14.0. The van der Waals surface area contributed by atoms with Crippen LogP contribution in [0, 0.1) is 0 Å². The Morgan fingerprint density at radius 1 is 0.786 bits per heavy atom. The van der Waals surface area contributed by atoms with E-state index in [0.29, 0.717) is 16.7 Å². The van der Waals surface area contributed by atoms with Gasteiger partial charge in [-0.3, -0.25) is 9.47 Å². The van der Waals surface area contributed by atoms with E-state index in [2.05, 4.69) is 58.6 Å². The molecule has 1 fully saturated rings. The predicted octanol–water partition coefficient (Wildman–Crippen LogP) is 4.89. The molecule has 0 aliphatic carbocycles. The number of hydrogen-bond donors (Lipinski definition) is 1. The van der Waals surface area contributed by atoms with E-state index in [1.807, 2.05) is 48.5 Å². The van der Waals surface area contributed by atoms with Crippen LogP contribution in [-0.2, 0) is 6.54 Å². The number of halogens is 1. The van der Waals surface area contributed by atoms with Gasteiger partial charge in [-0.2, -0.15) is 0 Å². The summed E-state index contributed by atoms with van der Waals surface area (Å²) in [5.74, 6) is 1.85. The van der Waals surface area contributed by atoms with Gasteiger partial charge in [0.05, 0.1) is 11.3 Å². The summed E-state index contributed by atoms with van der Waals surface area (Å²) >= 11 is 6.13. The summed E-state index contributed by atoms with van der Waals surface area (Å²) in [5.41, 5.74) is 12.6. The number of pyridine rings is 2. The summed E-state index contributed by atoms with van der Waals surface area (Å²) in [7, 11) is 0. The maximum atomic E-state index is 6.31. The average Bonchev–Trinajstić information content (AvgIpc) is 3.41. The molecule has 0 amide bonds. The SMILES string of the molecule is Nc1ncccc1-c1nc2ccc(-c3ccc(Cl)cc3)nc2n1-c1ccc(CN2CCN(c3ncncn3)CC2)cc1. The highest BCUT2D eigenvalue weighted by Crippen LogP contribution is 2.32. The van der Waals surface area contributed by atoms with Crippen LogP contribution in [0.25, 0.3) is 39.5 Å². The van der Waals surface area contributed by atoms with Crippen LogP contribution in [-0.4, -0.2) is 65.5 Å². The summed E-state index contributed by atoms with van der Waals surface area (Å²) in [6.45, 7) is 4.47. The van der Waals surface area contributed by atoms with Crippen LogP contribution >= 0.6 is 11.6 Å². The summed E-state index contributed by atoms with van der Waals surface area (Å²) in [6, 6.07) is 24.0. The first-order valence-electron chi connectivity index (χ1n) is 13.7. The van der Waals surface area contributed by atoms with E-state index in [0.717, 1.165) is 72.3 Å². The Hall–Kier alpha value is -4.93. The number of nitrogens with two attached hydrogens (primary N) is 1. The van der Waals surface area contributed by atoms with Gasteiger partial charge in [-0.25, -0.2) is 29.9 Å². The Kier molecular flexibility index (Phi) is 6.90. The Labute approximate surface area is 247 Å². The zero-order chi connectivity index (χ0) is 28.5. The number of rotatable bonds is 6. The number of nitrogens with zero attached hydrogens (tertiary/aromatic N) is 9. The van der Waals surface area contributed by atoms with Crippen LogP contribution in [0.5, 0.6) is 0 Å². The van der Waals surface area contributed by atoms with Gasteiger partial charge in [0.2, 0.25) is 5.95 Å². The van der Waals surface area contributed by atoms with E-state index < -0.39 is 0 Å². The van der Waals surface area contributed by atoms with Crippen LogP contribution in [0.3, 0.4) is 0 Å². The van der Waals surface area contributed by atoms with E-state index in [4.69, 9.17) is 27.3 Å². The lowest BCUT2D eigenvalue weighted by atomic mass is 10.1. The summed E-state index contributed by atoms with van der Waals surface area (Å²) in [5, 5.41) is 0.684. The highest BCUT2D eigenvalue weighted by atomic mass is 35.5. The second-order valence-electron chi connectivity index (χ2n) is 10.1. The van der Waals surface area contributed by atoms with E-state index in [9.17, 15) is 0 Å². The number of aromatic nitrogens is 7. The summed E-state index contributed by atoms with van der Waals surface area (Å²) in [6.07, 6.45) is 4.77. The number of piperazine rings is 1. The standard InChI is InChI=1S/C31H27ClN10/c32-23-7-5-22(6-8-23)26-11-12-27-30(38-26)42(29(39-27)25-2-1-13-35-28(25)33)24-9-3-21(4-10-24)18-40-14-16-41(17-15-40)31-36-19-34-20-37-31/h1-13,19-20H,14-18H2,(H2,33,35). The highest BCUT2D eigenvalue weighted by Gasteiger charge is 2.21. The predicted molar refractivity (Wildman–Crippen MR) is 164 cm³/mol. The minimum Gasteiger partial charge on any atom is -0.383 e. The number of hydrogen-bond acceptors (Lipinski definition) is 9. The molecule has 2 N–H and O–H groups in total. The first kappa shape index (κ1) is 26.0. The molecule has 10 nitrogen and oxygen atoms in total. The van der Waals surface area contributed by atoms with Crippen LogP contribution < -0.4 is 10.6 Å². The smallest absolute Gasteiger partial charge is 0.228 e. The van der Waals surface area contributed by atoms with Gasteiger partial charge in [0, 0.05) is 55.2 Å². The molecular formula is C31H27ClN10. The monoisotopic (exact) mass is 574 g/mol. The molecule has 208 valence electrons. The minimum atomic E-state index is 0.417. The van der Waals surface area contributed by atoms with E-state index in [1.54, 1.807) is 18.9 Å². The maximum Gasteiger partial charge on any atom is 0.228 e. The fraction of sp³-hybridized carbons (Fsp3) is 0.161. The van der Waals surface area contributed by atoms with Crippen LogP contribution in [0.15, 0.2) is 91.6 Å². The summed E-state index contributed by atoms with van der Waals surface area (Å²) in [4.78, 5) is 31.4. The van der Waals surface area contributed by atoms with Gasteiger partial charge < -0.3 is 10.6 Å². The van der Waals surface area contributed by atoms with Crippen molar-refractivity contribution in [1.29, 1.82) is 0 Å². The lowest BCUT2D eigenvalue weighted by Crippen LogP contribution is -2.46. The first-order chi connectivity index (χ1) is 20.6. The van der Waals surface area contributed by atoms with Crippen molar-refractivity contribution in [3.05, 3.63) is 102 Å². The van der Waals surface area contributed by atoms with Crippen molar-refractivity contribution in [3.8, 4) is 28.3 Å². The Morgan fingerprint density at radius 3 is 2.29 bits per heavy atom. The Balaban J connectivity index is 1.20. The largest absolute Gasteiger partial charge is 0.383 e. The van der Waals surface area contributed by atoms with Crippen molar-refractivity contribution in [2.75, 3.05) is 36.8 Å². The van der Waals surface area contributed by atoms with Crippen molar-refractivity contribution in [3.63, 3.8) is 0 Å². The van der Waals surface area contributed by atoms with Crippen LogP contribution in [0.1, 0.15) is 5.56 Å². The molecule has 6 aromatic rings. The molecule has 1 aliphatic heterocycles. The fourth-order valence-electron chi connectivity index (χ4n) is 5.28. The molecule has 2 aromatic carbocycles. The topological polar surface area (TPSA) is 115 Å². The van der Waals surface area contributed by atoms with Gasteiger partial charge in [-0.1, -0.05) is 35.9 Å². The van der Waals surface area contributed by atoms with Gasteiger partial charge in [0.15, 0.2) is 11.5 Å². The third-order valence-corrected chi connectivity index (χ3v) is 7.71. The van der Waals surface area contributed by atoms with E-state index >= 15 is 0 Å². The molecule has 0 spiro atoms. The molecular weight excluding hydrogens is 548 g/mol. The molecule has 11 heteroatoms. The van der Waals surface area contributed by atoms with Crippen LogP contribution in [0.2, 0.25) is 5.02 Å². The third kappa shape index (κ3) is 5.13. The molecule has 1 aliphatic rings. The molecule has 4 aromatic heterocycles. The van der Waals surface area contributed by atoms with Gasteiger partial charge in [-0.15, -0.1) is 0 Å². The second-order valence-corrected chi connectivity index (χ2v) is 10.6. The number of nitrogen functional groups attached to an aromatic ring is 1. The number of imidazole rings is 1. The molecule has 7 rings (SSSR count). The second kappa shape index (κ2) is 11.2. The fourth-order valence-corrected chi connectivity index (χ4v) is 5.41. The minimum absolute atomic E-state index is 0.417. The molecule has 42 heavy (non-hydrogen) atoms. The molecule has 0 bridgehead atoms. The van der Waals surface area contributed by atoms with Gasteiger partial charge >= 0.3 is 0 Å². The van der Waals surface area contributed by atoms with Gasteiger partial charge in [-0.05, 0) is 54.1 Å². The number of anilines is 2. The molecule has 0 radical (unpaired) electrons. The van der Waals surface area contributed by atoms with Crippen molar-refractivity contribution >= 4 is 34.5 Å². The van der Waals surface area contributed by atoms with E-state index in [1.165, 1.54) is 5.56 Å². The van der Waals surface area contributed by atoms with Crippen molar-refractivity contribution in [1.82, 2.24) is 39.4 Å². The summed E-state index contributed by atoms with van der Waals surface area (Å²) < 4.78 is 2.05. The maximum absolute atomic E-state index is 6.31. The molecule has 0 atom stereocenters. The average molecular weight is 575 g/mol. The molecule has 5 heterocycles. The lowest BCUT2D eigenvalue weighted by molar-refractivity contribution is 0.248. The van der Waals surface area contributed by atoms with Crippen molar-refractivity contribution in [2.45, 2.75) is 6.54 Å².